The third-order valence-corrected chi connectivity index (χ3v) is 4.83. The molecular formula is C20H18Cl2N2O2. The molecule has 3 aromatic rings. The zero-order chi connectivity index (χ0) is 18.8. The lowest BCUT2D eigenvalue weighted by molar-refractivity contribution is 0.0938. The largest absolute Gasteiger partial charge is 0.347 e. The Hall–Kier alpha value is -2.30. The molecule has 1 amide bonds. The highest BCUT2D eigenvalue weighted by atomic mass is 35.5. The smallest absolute Gasteiger partial charge is 0.257 e. The third kappa shape index (κ3) is 3.62. The highest BCUT2D eigenvalue weighted by molar-refractivity contribution is 6.31. The van der Waals surface area contributed by atoms with Crippen LogP contribution in [0.25, 0.3) is 10.9 Å². The van der Waals surface area contributed by atoms with E-state index < -0.39 is 5.91 Å². The standard InChI is InChI=1S/C20H18Cl2N2O2/c1-3-24-11-17(19(25)16-10-15(22)8-9-18(16)24)20(26)23-12(2)13-4-6-14(21)7-5-13/h4-12H,3H2,1-2H3,(H,23,26)/t12-/m0/s1. The number of carbonyl (C=O) groups is 1. The van der Waals surface area contributed by atoms with Crippen LogP contribution in [-0.2, 0) is 6.54 Å². The maximum Gasteiger partial charge on any atom is 0.257 e. The average molecular weight is 389 g/mol. The van der Waals surface area contributed by atoms with Gasteiger partial charge in [-0.2, -0.15) is 0 Å². The molecule has 1 N–H and O–H groups in total. The molecule has 0 unspecified atom stereocenters. The van der Waals surface area contributed by atoms with E-state index >= 15 is 0 Å². The van der Waals surface area contributed by atoms with Crippen LogP contribution in [0.4, 0.5) is 0 Å². The number of pyridine rings is 1. The first-order chi connectivity index (χ1) is 12.4. The lowest BCUT2D eigenvalue weighted by Gasteiger charge is -2.16. The Bertz CT molecular complexity index is 1030. The minimum absolute atomic E-state index is 0.0995. The van der Waals surface area contributed by atoms with Gasteiger partial charge in [0.05, 0.1) is 11.6 Å². The van der Waals surface area contributed by atoms with Crippen molar-refractivity contribution >= 4 is 40.0 Å². The summed E-state index contributed by atoms with van der Waals surface area (Å²) in [7, 11) is 0. The topological polar surface area (TPSA) is 51.1 Å². The summed E-state index contributed by atoms with van der Waals surface area (Å²) < 4.78 is 1.87. The molecule has 2 aromatic carbocycles. The molecular weight excluding hydrogens is 371 g/mol. The number of fused-ring (bicyclic) bond motifs is 1. The summed E-state index contributed by atoms with van der Waals surface area (Å²) in [5.41, 5.74) is 1.43. The van der Waals surface area contributed by atoms with Crippen LogP contribution in [0.3, 0.4) is 0 Å². The van der Waals surface area contributed by atoms with Crippen LogP contribution in [0.15, 0.2) is 53.5 Å². The molecule has 1 heterocycles. The van der Waals surface area contributed by atoms with E-state index in [1.807, 2.05) is 30.5 Å². The molecule has 1 atom stereocenters. The van der Waals surface area contributed by atoms with E-state index in [0.29, 0.717) is 22.0 Å². The SMILES string of the molecule is CCn1cc(C(=O)N[C@@H](C)c2ccc(Cl)cc2)c(=O)c2cc(Cl)ccc21. The van der Waals surface area contributed by atoms with Crippen molar-refractivity contribution in [1.82, 2.24) is 9.88 Å². The van der Waals surface area contributed by atoms with E-state index in [-0.39, 0.29) is 17.0 Å². The minimum Gasteiger partial charge on any atom is -0.347 e. The number of aryl methyl sites for hydroxylation is 1. The van der Waals surface area contributed by atoms with Gasteiger partial charge in [-0.25, -0.2) is 0 Å². The van der Waals surface area contributed by atoms with Crippen molar-refractivity contribution in [2.24, 2.45) is 0 Å². The van der Waals surface area contributed by atoms with Crippen LogP contribution >= 0.6 is 23.2 Å². The number of amides is 1. The van der Waals surface area contributed by atoms with Crippen LogP contribution < -0.4 is 10.7 Å². The first-order valence-electron chi connectivity index (χ1n) is 8.29. The van der Waals surface area contributed by atoms with Gasteiger partial charge in [-0.1, -0.05) is 35.3 Å². The van der Waals surface area contributed by atoms with E-state index in [2.05, 4.69) is 5.32 Å². The van der Waals surface area contributed by atoms with E-state index in [0.717, 1.165) is 11.1 Å². The van der Waals surface area contributed by atoms with Gasteiger partial charge in [-0.05, 0) is 49.7 Å². The molecule has 0 aliphatic rings. The first kappa shape index (κ1) is 18.5. The second-order valence-corrected chi connectivity index (χ2v) is 6.94. The van der Waals surface area contributed by atoms with E-state index in [1.165, 1.54) is 0 Å². The van der Waals surface area contributed by atoms with Crippen molar-refractivity contribution in [1.29, 1.82) is 0 Å². The Morgan fingerprint density at radius 3 is 2.42 bits per heavy atom. The Morgan fingerprint density at radius 1 is 1.12 bits per heavy atom. The molecule has 0 radical (unpaired) electrons. The number of halogens is 2. The fraction of sp³-hybridized carbons (Fsp3) is 0.200. The van der Waals surface area contributed by atoms with Crippen LogP contribution in [0.5, 0.6) is 0 Å². The summed E-state index contributed by atoms with van der Waals surface area (Å²) in [5.74, 6) is -0.415. The Kier molecular flexibility index (Phi) is 5.35. The number of rotatable bonds is 4. The minimum atomic E-state index is -0.415. The van der Waals surface area contributed by atoms with Gasteiger partial charge in [0.15, 0.2) is 0 Å². The molecule has 0 fully saturated rings. The van der Waals surface area contributed by atoms with E-state index in [4.69, 9.17) is 23.2 Å². The summed E-state index contributed by atoms with van der Waals surface area (Å²) in [6.07, 6.45) is 1.60. The van der Waals surface area contributed by atoms with Gasteiger partial charge in [0, 0.05) is 28.2 Å². The Morgan fingerprint density at radius 2 is 1.77 bits per heavy atom. The number of nitrogens with zero attached hydrogens (tertiary/aromatic N) is 1. The highest BCUT2D eigenvalue weighted by Crippen LogP contribution is 2.19. The van der Waals surface area contributed by atoms with Gasteiger partial charge in [-0.3, -0.25) is 9.59 Å². The molecule has 4 nitrogen and oxygen atoms in total. The molecule has 0 saturated heterocycles. The van der Waals surface area contributed by atoms with E-state index in [1.54, 1.807) is 36.5 Å². The molecule has 0 saturated carbocycles. The highest BCUT2D eigenvalue weighted by Gasteiger charge is 2.18. The zero-order valence-electron chi connectivity index (χ0n) is 14.4. The van der Waals surface area contributed by atoms with E-state index in [9.17, 15) is 9.59 Å². The fourth-order valence-corrected chi connectivity index (χ4v) is 3.20. The Labute approximate surface area is 161 Å². The number of hydrogen-bond donors (Lipinski definition) is 1. The van der Waals surface area contributed by atoms with Crippen LogP contribution in [0.2, 0.25) is 10.0 Å². The van der Waals surface area contributed by atoms with Gasteiger partial charge >= 0.3 is 0 Å². The third-order valence-electron chi connectivity index (χ3n) is 4.35. The summed E-state index contributed by atoms with van der Waals surface area (Å²) in [5, 5.41) is 4.40. The lowest BCUT2D eigenvalue weighted by atomic mass is 10.1. The number of aromatic nitrogens is 1. The zero-order valence-corrected chi connectivity index (χ0v) is 15.9. The van der Waals surface area contributed by atoms with Gasteiger partial charge < -0.3 is 9.88 Å². The number of hydrogen-bond acceptors (Lipinski definition) is 2. The molecule has 0 aliphatic carbocycles. The molecule has 0 bridgehead atoms. The van der Waals surface area contributed by atoms with Crippen molar-refractivity contribution < 1.29 is 4.79 Å². The van der Waals surface area contributed by atoms with Gasteiger partial charge in [0.2, 0.25) is 5.43 Å². The molecule has 1 aromatic heterocycles. The second kappa shape index (κ2) is 7.52. The molecule has 26 heavy (non-hydrogen) atoms. The molecule has 6 heteroatoms. The number of nitrogens with one attached hydrogen (secondary N) is 1. The molecule has 3 rings (SSSR count). The quantitative estimate of drug-likeness (QED) is 0.696. The first-order valence-corrected chi connectivity index (χ1v) is 9.05. The average Bonchev–Trinajstić information content (AvgIpc) is 2.62. The normalized spacial score (nSPS) is 12.2. The predicted molar refractivity (Wildman–Crippen MR) is 106 cm³/mol. The van der Waals surface area contributed by atoms with Crippen LogP contribution in [-0.4, -0.2) is 10.5 Å². The second-order valence-electron chi connectivity index (χ2n) is 6.07. The molecule has 0 spiro atoms. The van der Waals surface area contributed by atoms with Gasteiger partial charge in [0.1, 0.15) is 5.56 Å². The van der Waals surface area contributed by atoms with Gasteiger partial charge in [0.25, 0.3) is 5.91 Å². The summed E-state index contributed by atoms with van der Waals surface area (Å²) in [4.78, 5) is 25.5. The van der Waals surface area contributed by atoms with Crippen molar-refractivity contribution in [3.8, 4) is 0 Å². The lowest BCUT2D eigenvalue weighted by Crippen LogP contribution is -2.31. The fourth-order valence-electron chi connectivity index (χ4n) is 2.90. The van der Waals surface area contributed by atoms with Crippen LogP contribution in [0.1, 0.15) is 35.8 Å². The van der Waals surface area contributed by atoms with Crippen molar-refractivity contribution in [2.45, 2.75) is 26.4 Å². The Balaban J connectivity index is 1.98. The summed E-state index contributed by atoms with van der Waals surface area (Å²) in [6.45, 7) is 4.44. The molecule has 0 aliphatic heterocycles. The summed E-state index contributed by atoms with van der Waals surface area (Å²) >= 11 is 11.9. The molecule has 134 valence electrons. The van der Waals surface area contributed by atoms with Crippen molar-refractivity contribution in [2.75, 3.05) is 0 Å². The predicted octanol–water partition coefficient (Wildman–Crippen LogP) is 4.82. The summed E-state index contributed by atoms with van der Waals surface area (Å²) in [6, 6.07) is 12.1. The monoisotopic (exact) mass is 388 g/mol. The van der Waals surface area contributed by atoms with Crippen LogP contribution in [0, 0.1) is 0 Å². The number of carbonyl (C=O) groups excluding carboxylic acids is 1. The van der Waals surface area contributed by atoms with Crippen molar-refractivity contribution in [3.63, 3.8) is 0 Å². The van der Waals surface area contributed by atoms with Crippen molar-refractivity contribution in [3.05, 3.63) is 80.1 Å². The van der Waals surface area contributed by atoms with Gasteiger partial charge in [-0.15, -0.1) is 0 Å². The maximum absolute atomic E-state index is 12.8. The maximum atomic E-state index is 12.8. The number of benzene rings is 2.